The molecule has 0 aromatic heterocycles. The van der Waals surface area contributed by atoms with E-state index in [0.29, 0.717) is 0 Å². The maximum absolute atomic E-state index is 2.22. The summed E-state index contributed by atoms with van der Waals surface area (Å²) in [5.74, 6) is 0. The molecule has 2 nitrogen and oxygen atoms in total. The molecule has 0 atom stereocenters. The molecule has 0 aromatic rings. The van der Waals surface area contributed by atoms with Gasteiger partial charge in [0.05, 0.1) is 19.6 Å². The van der Waals surface area contributed by atoms with E-state index in [4.69, 9.17) is 0 Å². The van der Waals surface area contributed by atoms with Crippen molar-refractivity contribution in [1.29, 1.82) is 0 Å². The van der Waals surface area contributed by atoms with Crippen LogP contribution >= 0.6 is 0 Å². The van der Waals surface area contributed by atoms with Gasteiger partial charge in [-0.15, -0.1) is 0 Å². The van der Waals surface area contributed by atoms with Gasteiger partial charge in [-0.3, -0.25) is 0 Å². The lowest BCUT2D eigenvalue weighted by atomic mass is 10.5. The van der Waals surface area contributed by atoms with E-state index < -0.39 is 0 Å². The lowest BCUT2D eigenvalue weighted by Gasteiger charge is -2.10. The Morgan fingerprint density at radius 2 is 1.00 bits per heavy atom. The molecule has 4 heteroatoms. The highest BCUT2D eigenvalue weighted by Crippen LogP contribution is 1.45. The molecule has 10 heavy (non-hydrogen) atoms. The minimum absolute atomic E-state index is 0. The quantitative estimate of drug-likeness (QED) is 0.411. The highest BCUT2D eigenvalue weighted by atomic mass is 19.0. The van der Waals surface area contributed by atoms with E-state index in [1.165, 1.54) is 19.6 Å². The van der Waals surface area contributed by atoms with E-state index in [1.807, 2.05) is 0 Å². The number of hydrogen-bond acceptors (Lipinski definition) is 0. The van der Waals surface area contributed by atoms with Gasteiger partial charge < -0.3 is 20.5 Å². The largest absolute Gasteiger partial charge is 1.00 e. The summed E-state index contributed by atoms with van der Waals surface area (Å²) in [5, 5.41) is 0. The van der Waals surface area contributed by atoms with Crippen molar-refractivity contribution >= 4 is 0 Å². The average Bonchev–Trinajstić information content (AvgIpc) is 1.72. The maximum atomic E-state index is 2.22. The van der Waals surface area contributed by atoms with E-state index >= 15 is 0 Å². The van der Waals surface area contributed by atoms with Crippen LogP contribution in [0.25, 0.3) is 0 Å². The van der Waals surface area contributed by atoms with E-state index in [0.717, 1.165) is 0 Å². The van der Waals surface area contributed by atoms with Gasteiger partial charge >= 0.3 is 0 Å². The van der Waals surface area contributed by atoms with Crippen LogP contribution in [-0.2, 0) is 0 Å². The molecule has 0 aromatic carbocycles. The Bertz CT molecular complexity index is 35.2. The van der Waals surface area contributed by atoms with Gasteiger partial charge in [-0.05, 0) is 20.8 Å². The molecule has 0 aliphatic rings. The number of hydrogen-bond donors (Lipinski definition) is 2. The van der Waals surface area contributed by atoms with Crippen LogP contribution in [0.4, 0.5) is 0 Å². The zero-order valence-corrected chi connectivity index (χ0v) is 7.38. The van der Waals surface area contributed by atoms with Crippen molar-refractivity contribution in [3.8, 4) is 0 Å². The third-order valence-corrected chi connectivity index (χ3v) is 1.50. The van der Waals surface area contributed by atoms with Gasteiger partial charge in [0.2, 0.25) is 0 Å². The van der Waals surface area contributed by atoms with Crippen molar-refractivity contribution in [3.63, 3.8) is 0 Å². The molecule has 0 spiro atoms. The fourth-order valence-electron chi connectivity index (χ4n) is 0.750. The lowest BCUT2D eigenvalue weighted by molar-refractivity contribution is -0.894. The SMILES string of the molecule is CC[NH+](CC)CC.[F-].[F-].[NH4+]. The van der Waals surface area contributed by atoms with Crippen LogP contribution in [0.15, 0.2) is 0 Å². The Balaban J connectivity index is -0.0000000600. The van der Waals surface area contributed by atoms with E-state index in [9.17, 15) is 0 Å². The van der Waals surface area contributed by atoms with Gasteiger partial charge in [0.1, 0.15) is 0 Å². The van der Waals surface area contributed by atoms with Crippen LogP contribution < -0.4 is 20.5 Å². The van der Waals surface area contributed by atoms with E-state index in [2.05, 4.69) is 20.8 Å². The standard InChI is InChI=1S/C6H15N.2FH.H3N/c1-4-7(5-2)6-3;;;/h4-6H2,1-3H3;2*1H;1H3. The lowest BCUT2D eigenvalue weighted by Crippen LogP contribution is -3.11. The molecule has 0 bridgehead atoms. The first kappa shape index (κ1) is 22.6. The summed E-state index contributed by atoms with van der Waals surface area (Å²) in [6.07, 6.45) is 0. The van der Waals surface area contributed by atoms with Crippen LogP contribution in [0.2, 0.25) is 0 Å². The molecule has 0 fully saturated rings. The highest BCUT2D eigenvalue weighted by Gasteiger charge is 1.92. The molecule has 0 amide bonds. The Hall–Kier alpha value is -0.220. The maximum Gasteiger partial charge on any atom is 0.0742 e. The van der Waals surface area contributed by atoms with Crippen LogP contribution in [0.3, 0.4) is 0 Å². The van der Waals surface area contributed by atoms with E-state index in [1.54, 1.807) is 4.90 Å². The zero-order chi connectivity index (χ0) is 5.70. The van der Waals surface area contributed by atoms with Gasteiger partial charge in [0.25, 0.3) is 0 Å². The summed E-state index contributed by atoms with van der Waals surface area (Å²) < 4.78 is 0. The Morgan fingerprint density at radius 3 is 1.00 bits per heavy atom. The topological polar surface area (TPSA) is 40.9 Å². The molecule has 0 saturated heterocycles. The number of rotatable bonds is 3. The number of quaternary nitrogens is 2. The van der Waals surface area contributed by atoms with Crippen LogP contribution in [-0.4, -0.2) is 19.6 Å². The normalized spacial score (nSPS) is 7.20. The summed E-state index contributed by atoms with van der Waals surface area (Å²) in [4.78, 5) is 1.68. The van der Waals surface area contributed by atoms with Gasteiger partial charge in [-0.1, -0.05) is 0 Å². The van der Waals surface area contributed by atoms with Crippen LogP contribution in [0, 0.1) is 0 Å². The summed E-state index contributed by atoms with van der Waals surface area (Å²) in [5.41, 5.74) is 0. The minimum atomic E-state index is 0. The molecule has 0 aliphatic heterocycles. The van der Waals surface area contributed by atoms with Crippen molar-refractivity contribution in [3.05, 3.63) is 0 Å². The third-order valence-electron chi connectivity index (χ3n) is 1.50. The third kappa shape index (κ3) is 10.7. The second kappa shape index (κ2) is 15.9. The number of halogens is 2. The Morgan fingerprint density at radius 1 is 0.800 bits per heavy atom. The van der Waals surface area contributed by atoms with Gasteiger partial charge in [0, 0.05) is 0 Å². The summed E-state index contributed by atoms with van der Waals surface area (Å²) in [6.45, 7) is 10.5. The number of nitrogens with one attached hydrogen (secondary N) is 1. The molecule has 0 radical (unpaired) electrons. The van der Waals surface area contributed by atoms with Gasteiger partial charge in [-0.2, -0.15) is 0 Å². The first-order valence-corrected chi connectivity index (χ1v) is 3.18. The fourth-order valence-corrected chi connectivity index (χ4v) is 0.750. The van der Waals surface area contributed by atoms with Crippen molar-refractivity contribution < 1.29 is 14.3 Å². The predicted molar refractivity (Wildman–Crippen MR) is 38.6 cm³/mol. The summed E-state index contributed by atoms with van der Waals surface area (Å²) in [6, 6.07) is 0. The highest BCUT2D eigenvalue weighted by molar-refractivity contribution is 4.11. The monoisotopic (exact) mass is 158 g/mol. The van der Waals surface area contributed by atoms with Crippen molar-refractivity contribution in [1.82, 2.24) is 6.15 Å². The molecule has 0 saturated carbocycles. The molecule has 0 heterocycles. The molecular weight excluding hydrogens is 138 g/mol. The smallest absolute Gasteiger partial charge is 0.0742 e. The van der Waals surface area contributed by atoms with Gasteiger partial charge in [-0.25, -0.2) is 0 Å². The first-order valence-electron chi connectivity index (χ1n) is 3.18. The molecule has 68 valence electrons. The summed E-state index contributed by atoms with van der Waals surface area (Å²) in [7, 11) is 0. The van der Waals surface area contributed by atoms with Crippen molar-refractivity contribution in [2.45, 2.75) is 20.8 Å². The predicted octanol–water partition coefficient (Wildman–Crippen LogP) is -5.68. The van der Waals surface area contributed by atoms with Crippen LogP contribution in [0.5, 0.6) is 0 Å². The molecule has 0 unspecified atom stereocenters. The van der Waals surface area contributed by atoms with Crippen molar-refractivity contribution in [2.75, 3.05) is 19.6 Å². The fraction of sp³-hybridized carbons (Fsp3) is 1.00. The first-order chi connectivity index (χ1) is 3.35. The van der Waals surface area contributed by atoms with Crippen molar-refractivity contribution in [2.24, 2.45) is 0 Å². The second-order valence-electron chi connectivity index (χ2n) is 1.81. The molecular formula is C6H20F2N2. The molecule has 0 aliphatic carbocycles. The second-order valence-corrected chi connectivity index (χ2v) is 1.81. The van der Waals surface area contributed by atoms with Crippen LogP contribution in [0.1, 0.15) is 20.8 Å². The zero-order valence-electron chi connectivity index (χ0n) is 7.38. The summed E-state index contributed by atoms with van der Waals surface area (Å²) >= 11 is 0. The molecule has 5 N–H and O–H groups in total. The van der Waals surface area contributed by atoms with Gasteiger partial charge in [0.15, 0.2) is 0 Å². The molecule has 0 rings (SSSR count). The Labute approximate surface area is 61.9 Å². The Kier molecular flexibility index (Phi) is 35.9. The van der Waals surface area contributed by atoms with E-state index in [-0.39, 0.29) is 15.6 Å². The minimum Gasteiger partial charge on any atom is -1.00 e. The average molecular weight is 158 g/mol.